The van der Waals surface area contributed by atoms with E-state index in [-0.39, 0.29) is 5.91 Å². The monoisotopic (exact) mass is 223 g/mol. The number of carbonyl (C=O) groups is 1. The van der Waals surface area contributed by atoms with E-state index >= 15 is 0 Å². The van der Waals surface area contributed by atoms with Crippen molar-refractivity contribution >= 4 is 5.91 Å². The molecule has 0 spiro atoms. The summed E-state index contributed by atoms with van der Waals surface area (Å²) in [4.78, 5) is 15.5. The van der Waals surface area contributed by atoms with Crippen LogP contribution in [-0.2, 0) is 11.3 Å². The van der Waals surface area contributed by atoms with Crippen molar-refractivity contribution in [3.8, 4) is 0 Å². The van der Waals surface area contributed by atoms with Gasteiger partial charge in [0.15, 0.2) is 0 Å². The molecule has 1 fully saturated rings. The van der Waals surface area contributed by atoms with E-state index in [2.05, 4.69) is 25.8 Å². The number of rotatable bonds is 4. The Morgan fingerprint density at radius 2 is 2.56 bits per heavy atom. The molecule has 3 N–H and O–H groups in total. The highest BCUT2D eigenvalue weighted by Gasteiger charge is 2.16. The summed E-state index contributed by atoms with van der Waals surface area (Å²) < 4.78 is 0. The van der Waals surface area contributed by atoms with E-state index in [1.807, 2.05) is 0 Å². The standard InChI is InChI=1S/C10H17N5O/c16-10(4-8-2-1-3-11-5-8)12-6-9-13-7-14-15-9/h7-8,11H,1-6H2,(H,12,16)(H,13,14,15). The Bertz CT molecular complexity index is 318. The fourth-order valence-corrected chi connectivity index (χ4v) is 1.93. The molecular formula is C10H17N5O. The highest BCUT2D eigenvalue weighted by molar-refractivity contribution is 5.76. The topological polar surface area (TPSA) is 82.7 Å². The molecule has 1 saturated heterocycles. The van der Waals surface area contributed by atoms with Crippen LogP contribution in [0.2, 0.25) is 0 Å². The minimum atomic E-state index is 0.0881. The second-order valence-electron chi connectivity index (χ2n) is 4.13. The first-order valence-electron chi connectivity index (χ1n) is 5.66. The Morgan fingerprint density at radius 1 is 1.62 bits per heavy atom. The number of nitrogens with zero attached hydrogens (tertiary/aromatic N) is 2. The maximum Gasteiger partial charge on any atom is 0.220 e. The molecule has 1 atom stereocenters. The van der Waals surface area contributed by atoms with Gasteiger partial charge < -0.3 is 10.6 Å². The predicted octanol–water partition coefficient (Wildman–Crippen LogP) is -0.189. The first kappa shape index (κ1) is 11.1. The third kappa shape index (κ3) is 3.30. The van der Waals surface area contributed by atoms with Gasteiger partial charge in [0.2, 0.25) is 5.91 Å². The SMILES string of the molecule is O=C(CC1CCCNC1)NCc1ncn[nH]1. The van der Waals surface area contributed by atoms with Gasteiger partial charge in [-0.25, -0.2) is 4.98 Å². The summed E-state index contributed by atoms with van der Waals surface area (Å²) in [5.74, 6) is 1.25. The van der Waals surface area contributed by atoms with Gasteiger partial charge in [-0.1, -0.05) is 0 Å². The van der Waals surface area contributed by atoms with Crippen molar-refractivity contribution in [3.05, 3.63) is 12.2 Å². The van der Waals surface area contributed by atoms with Crippen molar-refractivity contribution in [2.75, 3.05) is 13.1 Å². The molecule has 1 aliphatic heterocycles. The highest BCUT2D eigenvalue weighted by atomic mass is 16.1. The van der Waals surface area contributed by atoms with Crippen LogP contribution in [0, 0.1) is 5.92 Å². The Labute approximate surface area is 94.2 Å². The minimum Gasteiger partial charge on any atom is -0.349 e. The third-order valence-corrected chi connectivity index (χ3v) is 2.79. The van der Waals surface area contributed by atoms with E-state index < -0.39 is 0 Å². The average molecular weight is 223 g/mol. The van der Waals surface area contributed by atoms with Crippen LogP contribution in [0.1, 0.15) is 25.1 Å². The van der Waals surface area contributed by atoms with Crippen LogP contribution in [0.4, 0.5) is 0 Å². The molecule has 0 radical (unpaired) electrons. The number of amides is 1. The smallest absolute Gasteiger partial charge is 0.220 e. The Hall–Kier alpha value is -1.43. The molecule has 0 aliphatic carbocycles. The normalized spacial score (nSPS) is 20.6. The number of H-pyrrole nitrogens is 1. The van der Waals surface area contributed by atoms with Gasteiger partial charge in [-0.05, 0) is 31.8 Å². The van der Waals surface area contributed by atoms with Gasteiger partial charge in [0, 0.05) is 6.42 Å². The lowest BCUT2D eigenvalue weighted by Gasteiger charge is -2.21. The first-order valence-corrected chi connectivity index (χ1v) is 5.66. The predicted molar refractivity (Wildman–Crippen MR) is 58.4 cm³/mol. The fourth-order valence-electron chi connectivity index (χ4n) is 1.93. The lowest BCUT2D eigenvalue weighted by Crippen LogP contribution is -2.34. The summed E-state index contributed by atoms with van der Waals surface area (Å²) in [7, 11) is 0. The Morgan fingerprint density at radius 3 is 3.25 bits per heavy atom. The molecule has 1 amide bonds. The molecular weight excluding hydrogens is 206 g/mol. The van der Waals surface area contributed by atoms with E-state index in [1.54, 1.807) is 0 Å². The Kier molecular flexibility index (Phi) is 3.87. The van der Waals surface area contributed by atoms with Crippen molar-refractivity contribution in [2.45, 2.75) is 25.8 Å². The number of nitrogens with one attached hydrogen (secondary N) is 3. The first-order chi connectivity index (χ1) is 7.84. The number of piperidine rings is 1. The fraction of sp³-hybridized carbons (Fsp3) is 0.700. The second kappa shape index (κ2) is 5.60. The Balaban J connectivity index is 1.67. The molecule has 0 bridgehead atoms. The molecule has 6 nitrogen and oxygen atoms in total. The molecule has 2 heterocycles. The lowest BCUT2D eigenvalue weighted by molar-refractivity contribution is -0.122. The van der Waals surface area contributed by atoms with Gasteiger partial charge in [0.25, 0.3) is 0 Å². The van der Waals surface area contributed by atoms with E-state index in [4.69, 9.17) is 0 Å². The number of hydrogen-bond donors (Lipinski definition) is 3. The van der Waals surface area contributed by atoms with E-state index in [0.717, 1.165) is 19.5 Å². The number of carbonyl (C=O) groups excluding carboxylic acids is 1. The summed E-state index contributed by atoms with van der Waals surface area (Å²) in [6.07, 6.45) is 4.34. The van der Waals surface area contributed by atoms with Crippen LogP contribution in [0.15, 0.2) is 6.33 Å². The van der Waals surface area contributed by atoms with Crippen LogP contribution in [0.3, 0.4) is 0 Å². The molecule has 6 heteroatoms. The third-order valence-electron chi connectivity index (χ3n) is 2.79. The van der Waals surface area contributed by atoms with E-state index in [0.29, 0.717) is 24.7 Å². The van der Waals surface area contributed by atoms with Crippen molar-refractivity contribution in [2.24, 2.45) is 5.92 Å². The van der Waals surface area contributed by atoms with Crippen LogP contribution >= 0.6 is 0 Å². The zero-order valence-corrected chi connectivity index (χ0v) is 9.20. The quantitative estimate of drug-likeness (QED) is 0.660. The number of aromatic nitrogens is 3. The maximum absolute atomic E-state index is 11.6. The molecule has 2 rings (SSSR count). The number of hydrogen-bond acceptors (Lipinski definition) is 4. The van der Waals surface area contributed by atoms with Crippen LogP contribution in [-0.4, -0.2) is 34.2 Å². The summed E-state index contributed by atoms with van der Waals surface area (Å²) >= 11 is 0. The van der Waals surface area contributed by atoms with Gasteiger partial charge in [-0.2, -0.15) is 5.10 Å². The summed E-state index contributed by atoms with van der Waals surface area (Å²) in [5.41, 5.74) is 0. The lowest BCUT2D eigenvalue weighted by atomic mass is 9.96. The molecule has 1 aliphatic rings. The maximum atomic E-state index is 11.6. The summed E-state index contributed by atoms with van der Waals surface area (Å²) in [5, 5.41) is 12.6. The highest BCUT2D eigenvalue weighted by Crippen LogP contribution is 2.13. The van der Waals surface area contributed by atoms with E-state index in [9.17, 15) is 4.79 Å². The van der Waals surface area contributed by atoms with Crippen molar-refractivity contribution in [1.29, 1.82) is 0 Å². The van der Waals surface area contributed by atoms with Crippen molar-refractivity contribution < 1.29 is 4.79 Å². The van der Waals surface area contributed by atoms with Crippen LogP contribution in [0.25, 0.3) is 0 Å². The van der Waals surface area contributed by atoms with Crippen molar-refractivity contribution in [3.63, 3.8) is 0 Å². The zero-order valence-electron chi connectivity index (χ0n) is 9.20. The molecule has 0 aromatic carbocycles. The molecule has 0 saturated carbocycles. The van der Waals surface area contributed by atoms with Gasteiger partial charge in [0.1, 0.15) is 12.2 Å². The molecule has 1 unspecified atom stereocenters. The molecule has 1 aromatic heterocycles. The second-order valence-corrected chi connectivity index (χ2v) is 4.13. The number of aromatic amines is 1. The molecule has 16 heavy (non-hydrogen) atoms. The zero-order chi connectivity index (χ0) is 11.2. The average Bonchev–Trinajstić information content (AvgIpc) is 2.81. The van der Waals surface area contributed by atoms with Crippen molar-refractivity contribution in [1.82, 2.24) is 25.8 Å². The van der Waals surface area contributed by atoms with Gasteiger partial charge >= 0.3 is 0 Å². The largest absolute Gasteiger partial charge is 0.349 e. The van der Waals surface area contributed by atoms with Gasteiger partial charge in [0.05, 0.1) is 6.54 Å². The summed E-state index contributed by atoms with van der Waals surface area (Å²) in [6, 6.07) is 0. The van der Waals surface area contributed by atoms with Crippen LogP contribution < -0.4 is 10.6 Å². The molecule has 1 aromatic rings. The minimum absolute atomic E-state index is 0.0881. The van der Waals surface area contributed by atoms with Gasteiger partial charge in [-0.15, -0.1) is 0 Å². The van der Waals surface area contributed by atoms with E-state index in [1.165, 1.54) is 12.7 Å². The van der Waals surface area contributed by atoms with Crippen LogP contribution in [0.5, 0.6) is 0 Å². The van der Waals surface area contributed by atoms with Gasteiger partial charge in [-0.3, -0.25) is 9.89 Å². The summed E-state index contributed by atoms with van der Waals surface area (Å²) in [6.45, 7) is 2.46. The molecule has 88 valence electrons.